The molecule has 1 saturated carbocycles. The summed E-state index contributed by atoms with van der Waals surface area (Å²) in [5.41, 5.74) is 0.292. The molecule has 0 heterocycles. The van der Waals surface area contributed by atoms with Crippen LogP contribution in [0.25, 0.3) is 0 Å². The summed E-state index contributed by atoms with van der Waals surface area (Å²) in [6, 6.07) is 0. The van der Waals surface area contributed by atoms with Crippen molar-refractivity contribution in [2.45, 2.75) is 52.6 Å². The molecule has 1 aliphatic carbocycles. The van der Waals surface area contributed by atoms with E-state index in [1.807, 2.05) is 0 Å². The average Bonchev–Trinajstić information content (AvgIpc) is 1.86. The van der Waals surface area contributed by atoms with E-state index in [0.717, 1.165) is 6.42 Å². The molecule has 0 saturated heterocycles. The highest BCUT2D eigenvalue weighted by Crippen LogP contribution is 2.37. The van der Waals surface area contributed by atoms with E-state index in [4.69, 9.17) is 0 Å². The third kappa shape index (κ3) is 2.19. The Kier molecular flexibility index (Phi) is 2.58. The first-order valence-electron chi connectivity index (χ1n) is 4.70. The van der Waals surface area contributed by atoms with Gasteiger partial charge in [0.1, 0.15) is 0 Å². The van der Waals surface area contributed by atoms with Crippen molar-refractivity contribution < 1.29 is 5.11 Å². The van der Waals surface area contributed by atoms with Gasteiger partial charge in [-0.2, -0.15) is 0 Å². The number of hydrogen-bond donors (Lipinski definition) is 1. The molecule has 1 heteroatoms. The van der Waals surface area contributed by atoms with Gasteiger partial charge in [-0.1, -0.05) is 33.6 Å². The van der Waals surface area contributed by atoms with Crippen LogP contribution < -0.4 is 0 Å². The molecule has 1 rings (SSSR count). The molecule has 0 spiro atoms. The van der Waals surface area contributed by atoms with Gasteiger partial charge in [-0.25, -0.2) is 0 Å². The van der Waals surface area contributed by atoms with Crippen molar-refractivity contribution in [1.82, 2.24) is 0 Å². The molecule has 0 bridgehead atoms. The first-order valence-corrected chi connectivity index (χ1v) is 4.70. The minimum Gasteiger partial charge on any atom is -0.393 e. The smallest absolute Gasteiger partial charge is 0.0573 e. The van der Waals surface area contributed by atoms with Gasteiger partial charge < -0.3 is 5.11 Å². The van der Waals surface area contributed by atoms with Crippen molar-refractivity contribution in [3.05, 3.63) is 0 Å². The molecule has 66 valence electrons. The van der Waals surface area contributed by atoms with Crippen molar-refractivity contribution in [3.63, 3.8) is 0 Å². The van der Waals surface area contributed by atoms with Crippen molar-refractivity contribution in [1.29, 1.82) is 0 Å². The lowest BCUT2D eigenvalue weighted by atomic mass is 9.71. The van der Waals surface area contributed by atoms with Gasteiger partial charge in [0, 0.05) is 0 Å². The fraction of sp³-hybridized carbons (Fsp3) is 1.00. The zero-order valence-electron chi connectivity index (χ0n) is 7.93. The Hall–Kier alpha value is -0.0400. The molecule has 0 aromatic rings. The molecule has 0 radical (unpaired) electrons. The second-order valence-electron chi connectivity index (χ2n) is 4.82. The summed E-state index contributed by atoms with van der Waals surface area (Å²) in [6.45, 7) is 6.69. The van der Waals surface area contributed by atoms with Crippen molar-refractivity contribution in [2.24, 2.45) is 11.3 Å². The highest BCUT2D eigenvalue weighted by atomic mass is 16.3. The molecule has 0 aromatic carbocycles. The number of hydrogen-bond acceptors (Lipinski definition) is 1. The van der Waals surface area contributed by atoms with Crippen LogP contribution in [0.1, 0.15) is 46.5 Å². The van der Waals surface area contributed by atoms with Crippen molar-refractivity contribution in [3.8, 4) is 0 Å². The molecular weight excluding hydrogens is 136 g/mol. The van der Waals surface area contributed by atoms with Crippen LogP contribution in [0.15, 0.2) is 0 Å². The summed E-state index contributed by atoms with van der Waals surface area (Å²) in [6.07, 6.45) is 4.71. The molecule has 1 N–H and O–H groups in total. The predicted molar refractivity (Wildman–Crippen MR) is 47.4 cm³/mol. The molecule has 1 unspecified atom stereocenters. The third-order valence-electron chi connectivity index (χ3n) is 2.84. The van der Waals surface area contributed by atoms with Crippen LogP contribution in [-0.4, -0.2) is 11.2 Å². The van der Waals surface area contributed by atoms with Crippen molar-refractivity contribution in [2.75, 3.05) is 0 Å². The predicted octanol–water partition coefficient (Wildman–Crippen LogP) is 2.58. The zero-order valence-corrected chi connectivity index (χ0v) is 7.93. The highest BCUT2D eigenvalue weighted by Gasteiger charge is 2.32. The second-order valence-corrected chi connectivity index (χ2v) is 4.82. The Morgan fingerprint density at radius 2 is 1.64 bits per heavy atom. The maximum absolute atomic E-state index is 9.70. The van der Waals surface area contributed by atoms with Gasteiger partial charge in [0.15, 0.2) is 0 Å². The van der Waals surface area contributed by atoms with E-state index in [1.54, 1.807) is 0 Å². The lowest BCUT2D eigenvalue weighted by molar-refractivity contribution is 0.0105. The lowest BCUT2D eigenvalue weighted by Crippen LogP contribution is -2.34. The van der Waals surface area contributed by atoms with Crippen LogP contribution in [0.4, 0.5) is 0 Å². The molecule has 1 fully saturated rings. The molecule has 1 aliphatic rings. The fourth-order valence-corrected chi connectivity index (χ4v) is 2.12. The van der Waals surface area contributed by atoms with Crippen LogP contribution in [0.3, 0.4) is 0 Å². The van der Waals surface area contributed by atoms with E-state index in [-0.39, 0.29) is 6.10 Å². The fourth-order valence-electron chi connectivity index (χ4n) is 2.12. The van der Waals surface area contributed by atoms with Crippen LogP contribution in [0, 0.1) is 11.3 Å². The molecular formula is C10H20O. The molecule has 2 atom stereocenters. The monoisotopic (exact) mass is 156 g/mol. The Labute approximate surface area is 69.8 Å². The molecule has 11 heavy (non-hydrogen) atoms. The van der Waals surface area contributed by atoms with E-state index < -0.39 is 0 Å². The Bertz CT molecular complexity index is 123. The first-order chi connectivity index (χ1) is 5.02. The summed E-state index contributed by atoms with van der Waals surface area (Å²) in [7, 11) is 0. The normalized spacial score (nSPS) is 33.8. The summed E-state index contributed by atoms with van der Waals surface area (Å²) in [4.78, 5) is 0. The second kappa shape index (κ2) is 3.14. The number of rotatable bonds is 0. The van der Waals surface area contributed by atoms with E-state index in [0.29, 0.717) is 11.3 Å². The average molecular weight is 156 g/mol. The van der Waals surface area contributed by atoms with Crippen molar-refractivity contribution >= 4 is 0 Å². The standard InChI is InChI=1S/C10H20O/c1-10(2,3)8-6-4-5-7-9(8)11/h8-9,11H,4-7H2,1-3H3/t8?,9-/m0/s1. The first kappa shape index (κ1) is 9.05. The summed E-state index contributed by atoms with van der Waals surface area (Å²) in [5, 5.41) is 9.70. The molecule has 0 aromatic heterocycles. The third-order valence-corrected chi connectivity index (χ3v) is 2.84. The maximum atomic E-state index is 9.70. The summed E-state index contributed by atoms with van der Waals surface area (Å²) in [5.74, 6) is 0.524. The summed E-state index contributed by atoms with van der Waals surface area (Å²) >= 11 is 0. The van der Waals surface area contributed by atoms with Gasteiger partial charge in [0.05, 0.1) is 6.10 Å². The van der Waals surface area contributed by atoms with Gasteiger partial charge in [0.2, 0.25) is 0 Å². The Balaban J connectivity index is 2.55. The van der Waals surface area contributed by atoms with Gasteiger partial charge in [-0.3, -0.25) is 0 Å². The largest absolute Gasteiger partial charge is 0.393 e. The van der Waals surface area contributed by atoms with E-state index in [2.05, 4.69) is 20.8 Å². The van der Waals surface area contributed by atoms with E-state index >= 15 is 0 Å². The quantitative estimate of drug-likeness (QED) is 0.571. The van der Waals surface area contributed by atoms with E-state index in [1.165, 1.54) is 19.3 Å². The highest BCUT2D eigenvalue weighted by molar-refractivity contribution is 4.83. The zero-order chi connectivity index (χ0) is 8.48. The lowest BCUT2D eigenvalue weighted by Gasteiger charge is -2.37. The Morgan fingerprint density at radius 3 is 2.00 bits per heavy atom. The Morgan fingerprint density at radius 1 is 1.09 bits per heavy atom. The molecule has 0 amide bonds. The van der Waals surface area contributed by atoms with Crippen LogP contribution in [-0.2, 0) is 0 Å². The minimum atomic E-state index is -0.0382. The number of aliphatic hydroxyl groups is 1. The summed E-state index contributed by atoms with van der Waals surface area (Å²) < 4.78 is 0. The maximum Gasteiger partial charge on any atom is 0.0573 e. The number of aliphatic hydroxyl groups excluding tert-OH is 1. The van der Waals surface area contributed by atoms with Gasteiger partial charge >= 0.3 is 0 Å². The van der Waals surface area contributed by atoms with Crippen LogP contribution in [0.5, 0.6) is 0 Å². The van der Waals surface area contributed by atoms with Gasteiger partial charge in [0.25, 0.3) is 0 Å². The minimum absolute atomic E-state index is 0.0382. The van der Waals surface area contributed by atoms with Gasteiger partial charge in [-0.05, 0) is 24.2 Å². The SMILES string of the molecule is CC(C)(C)C1CCCC[C@@H]1O. The molecule has 1 nitrogen and oxygen atoms in total. The van der Waals surface area contributed by atoms with Gasteiger partial charge in [-0.15, -0.1) is 0 Å². The molecule has 0 aliphatic heterocycles. The topological polar surface area (TPSA) is 20.2 Å². The van der Waals surface area contributed by atoms with Crippen LogP contribution in [0.2, 0.25) is 0 Å². The van der Waals surface area contributed by atoms with E-state index in [9.17, 15) is 5.11 Å². The van der Waals surface area contributed by atoms with Crippen LogP contribution >= 0.6 is 0 Å².